The fraction of sp³-hybridized carbons (Fsp3) is 0.238. The summed E-state index contributed by atoms with van der Waals surface area (Å²) in [4.78, 5) is 42.8. The molecule has 2 unspecified atom stereocenters. The third kappa shape index (κ3) is 2.45. The van der Waals surface area contributed by atoms with Crippen LogP contribution in [0, 0.1) is 11.8 Å². The van der Waals surface area contributed by atoms with Crippen LogP contribution in [0.25, 0.3) is 0 Å². The smallest absolute Gasteiger partial charge is 0.190 e. The first-order valence-corrected chi connectivity index (χ1v) is 8.42. The first-order chi connectivity index (χ1) is 12.1. The van der Waals surface area contributed by atoms with E-state index in [0.29, 0.717) is 28.7 Å². The lowest BCUT2D eigenvalue weighted by Gasteiger charge is -2.34. The topological polar surface area (TPSA) is 64.1 Å². The number of rotatable bonds is 2. The zero-order chi connectivity index (χ0) is 17.6. The highest BCUT2D eigenvalue weighted by atomic mass is 16.1. The third-order valence-electron chi connectivity index (χ3n) is 5.25. The summed E-state index contributed by atoms with van der Waals surface area (Å²) in [5.74, 6) is -0.902. The van der Waals surface area contributed by atoms with Gasteiger partial charge in [-0.1, -0.05) is 37.3 Å². The van der Waals surface area contributed by atoms with E-state index in [1.165, 1.54) is 0 Å². The molecule has 1 aromatic heterocycles. The molecule has 2 aromatic rings. The van der Waals surface area contributed by atoms with Crippen LogP contribution in [0.15, 0.2) is 59.8 Å². The van der Waals surface area contributed by atoms with Crippen LogP contribution in [0.5, 0.6) is 0 Å². The maximum atomic E-state index is 13.1. The number of ketones is 3. The average molecular weight is 331 g/mol. The van der Waals surface area contributed by atoms with Crippen LogP contribution in [0.1, 0.15) is 39.8 Å². The predicted octanol–water partition coefficient (Wildman–Crippen LogP) is 3.23. The minimum Gasteiger partial charge on any atom is -0.299 e. The number of benzene rings is 1. The fourth-order valence-corrected chi connectivity index (χ4v) is 3.85. The molecule has 0 bridgehead atoms. The van der Waals surface area contributed by atoms with Crippen molar-refractivity contribution in [3.63, 3.8) is 0 Å². The number of hydrogen-bond acceptors (Lipinski definition) is 4. The molecule has 25 heavy (non-hydrogen) atoms. The molecule has 0 radical (unpaired) electrons. The van der Waals surface area contributed by atoms with Gasteiger partial charge in [-0.25, -0.2) is 0 Å². The third-order valence-corrected chi connectivity index (χ3v) is 5.25. The van der Waals surface area contributed by atoms with Crippen molar-refractivity contribution in [1.82, 2.24) is 4.98 Å². The number of aromatic nitrogens is 1. The van der Waals surface area contributed by atoms with Gasteiger partial charge in [0.15, 0.2) is 11.6 Å². The van der Waals surface area contributed by atoms with Crippen LogP contribution in [-0.2, 0) is 11.2 Å². The summed E-state index contributed by atoms with van der Waals surface area (Å²) in [6.07, 6.45) is 2.23. The van der Waals surface area contributed by atoms with E-state index in [1.54, 1.807) is 30.5 Å². The lowest BCUT2D eigenvalue weighted by Crippen LogP contribution is -2.38. The molecule has 0 fully saturated rings. The standard InChI is InChI=1S/C21H17NO3/c1-12-16(10-13-6-4-5-9-22-13)19-17(11-18(12)23)20(24)14-7-2-3-8-15(14)21(19)25/h2-9,12,16H,10-11H2,1H3. The molecule has 0 amide bonds. The highest BCUT2D eigenvalue weighted by Gasteiger charge is 2.43. The molecule has 0 saturated heterocycles. The van der Waals surface area contributed by atoms with Crippen molar-refractivity contribution in [2.75, 3.05) is 0 Å². The lowest BCUT2D eigenvalue weighted by atomic mass is 9.67. The predicted molar refractivity (Wildman–Crippen MR) is 92.3 cm³/mol. The Hall–Kier alpha value is -2.88. The Labute approximate surface area is 145 Å². The van der Waals surface area contributed by atoms with E-state index in [0.717, 1.165) is 5.69 Å². The number of fused-ring (bicyclic) bond motifs is 1. The van der Waals surface area contributed by atoms with Gasteiger partial charge in [-0.15, -0.1) is 0 Å². The van der Waals surface area contributed by atoms with E-state index in [4.69, 9.17) is 0 Å². The minimum atomic E-state index is -0.309. The van der Waals surface area contributed by atoms with Crippen molar-refractivity contribution >= 4 is 17.3 Å². The van der Waals surface area contributed by atoms with E-state index in [9.17, 15) is 14.4 Å². The first-order valence-electron chi connectivity index (χ1n) is 8.42. The summed E-state index contributed by atoms with van der Waals surface area (Å²) in [5, 5.41) is 0. The highest BCUT2D eigenvalue weighted by Crippen LogP contribution is 2.41. The van der Waals surface area contributed by atoms with Crippen molar-refractivity contribution in [1.29, 1.82) is 0 Å². The van der Waals surface area contributed by atoms with E-state index in [-0.39, 0.29) is 35.6 Å². The molecule has 4 heteroatoms. The van der Waals surface area contributed by atoms with Gasteiger partial charge in [-0.05, 0) is 18.6 Å². The maximum Gasteiger partial charge on any atom is 0.190 e. The van der Waals surface area contributed by atoms with Crippen LogP contribution >= 0.6 is 0 Å². The Morgan fingerprint density at radius 3 is 2.32 bits per heavy atom. The SMILES string of the molecule is CC1C(=O)CC2=C(C(=O)c3ccccc3C2=O)C1Cc1ccccn1. The molecule has 0 saturated carbocycles. The lowest BCUT2D eigenvalue weighted by molar-refractivity contribution is -0.123. The summed E-state index contributed by atoms with van der Waals surface area (Å²) in [6.45, 7) is 1.85. The first kappa shape index (κ1) is 15.6. The van der Waals surface area contributed by atoms with Gasteiger partial charge < -0.3 is 0 Å². The second-order valence-electron chi connectivity index (χ2n) is 6.66. The number of pyridine rings is 1. The van der Waals surface area contributed by atoms with Gasteiger partial charge in [0, 0.05) is 52.4 Å². The van der Waals surface area contributed by atoms with Crippen LogP contribution in [0.4, 0.5) is 0 Å². The molecule has 2 aliphatic rings. The Morgan fingerprint density at radius 1 is 0.960 bits per heavy atom. The number of hydrogen-bond donors (Lipinski definition) is 0. The van der Waals surface area contributed by atoms with E-state index in [1.807, 2.05) is 25.1 Å². The van der Waals surface area contributed by atoms with Gasteiger partial charge in [-0.3, -0.25) is 19.4 Å². The molecule has 2 atom stereocenters. The largest absolute Gasteiger partial charge is 0.299 e. The zero-order valence-electron chi connectivity index (χ0n) is 13.9. The molecule has 1 heterocycles. The molecular formula is C21H17NO3. The van der Waals surface area contributed by atoms with Gasteiger partial charge in [0.25, 0.3) is 0 Å². The Kier molecular flexibility index (Phi) is 3.68. The number of carbonyl (C=O) groups is 3. The van der Waals surface area contributed by atoms with Crippen LogP contribution < -0.4 is 0 Å². The van der Waals surface area contributed by atoms with E-state index >= 15 is 0 Å². The number of Topliss-reactive ketones (excluding diaryl/α,β-unsaturated/α-hetero) is 3. The maximum absolute atomic E-state index is 13.1. The van der Waals surface area contributed by atoms with Crippen molar-refractivity contribution in [3.8, 4) is 0 Å². The molecule has 0 spiro atoms. The second kappa shape index (κ2) is 5.88. The fourth-order valence-electron chi connectivity index (χ4n) is 3.85. The summed E-state index contributed by atoms with van der Waals surface area (Å²) in [7, 11) is 0. The average Bonchev–Trinajstić information content (AvgIpc) is 2.64. The summed E-state index contributed by atoms with van der Waals surface area (Å²) < 4.78 is 0. The summed E-state index contributed by atoms with van der Waals surface area (Å²) in [6, 6.07) is 12.5. The summed E-state index contributed by atoms with van der Waals surface area (Å²) >= 11 is 0. The van der Waals surface area contributed by atoms with Crippen molar-refractivity contribution < 1.29 is 14.4 Å². The zero-order valence-corrected chi connectivity index (χ0v) is 13.9. The molecule has 2 aliphatic carbocycles. The van der Waals surface area contributed by atoms with Gasteiger partial charge in [0.05, 0.1) is 0 Å². The molecular weight excluding hydrogens is 314 g/mol. The molecule has 0 aliphatic heterocycles. The number of nitrogens with zero attached hydrogens (tertiary/aromatic N) is 1. The molecule has 4 nitrogen and oxygen atoms in total. The van der Waals surface area contributed by atoms with Crippen molar-refractivity contribution in [2.24, 2.45) is 11.8 Å². The summed E-state index contributed by atoms with van der Waals surface area (Å²) in [5.41, 5.74) is 2.57. The van der Waals surface area contributed by atoms with Gasteiger partial charge >= 0.3 is 0 Å². The molecule has 1 aromatic carbocycles. The van der Waals surface area contributed by atoms with Crippen LogP contribution in [0.2, 0.25) is 0 Å². The van der Waals surface area contributed by atoms with Gasteiger partial charge in [0.2, 0.25) is 0 Å². The number of carbonyl (C=O) groups excluding carboxylic acids is 3. The van der Waals surface area contributed by atoms with Crippen molar-refractivity contribution in [3.05, 3.63) is 76.6 Å². The van der Waals surface area contributed by atoms with Crippen molar-refractivity contribution in [2.45, 2.75) is 19.8 Å². The molecule has 124 valence electrons. The second-order valence-corrected chi connectivity index (χ2v) is 6.66. The van der Waals surface area contributed by atoms with Gasteiger partial charge in [-0.2, -0.15) is 0 Å². The molecule has 0 N–H and O–H groups in total. The normalized spacial score (nSPS) is 22.7. The quantitative estimate of drug-likeness (QED) is 0.847. The monoisotopic (exact) mass is 331 g/mol. The highest BCUT2D eigenvalue weighted by molar-refractivity contribution is 6.28. The van der Waals surface area contributed by atoms with Gasteiger partial charge in [0.1, 0.15) is 5.78 Å². The van der Waals surface area contributed by atoms with Crippen LogP contribution in [-0.4, -0.2) is 22.3 Å². The Bertz CT molecular complexity index is 927. The molecule has 4 rings (SSSR count). The van der Waals surface area contributed by atoms with Crippen LogP contribution in [0.3, 0.4) is 0 Å². The van der Waals surface area contributed by atoms with E-state index < -0.39 is 0 Å². The Balaban J connectivity index is 1.84. The minimum absolute atomic E-state index is 0.0141. The number of allylic oxidation sites excluding steroid dienone is 2. The Morgan fingerprint density at radius 2 is 1.64 bits per heavy atom. The van der Waals surface area contributed by atoms with E-state index in [2.05, 4.69) is 4.98 Å².